The van der Waals surface area contributed by atoms with Gasteiger partial charge in [0.25, 0.3) is 5.91 Å². The number of hydrogen-bond donors (Lipinski definition) is 1. The molecule has 7 nitrogen and oxygen atoms in total. The van der Waals surface area contributed by atoms with E-state index < -0.39 is 10.0 Å². The van der Waals surface area contributed by atoms with E-state index in [4.69, 9.17) is 9.47 Å². The smallest absolute Gasteiger partial charge is 0.262 e. The molecule has 2 aromatic rings. The predicted octanol–water partition coefficient (Wildman–Crippen LogP) is 2.82. The Morgan fingerprint density at radius 2 is 1.96 bits per heavy atom. The van der Waals surface area contributed by atoms with E-state index in [1.54, 1.807) is 50.4 Å². The molecule has 0 aromatic heterocycles. The number of sulfonamides is 1. The highest BCUT2D eigenvalue weighted by molar-refractivity contribution is 7.92. The van der Waals surface area contributed by atoms with Crippen molar-refractivity contribution in [3.8, 4) is 11.5 Å². The molecule has 0 unspecified atom stereocenters. The van der Waals surface area contributed by atoms with Gasteiger partial charge in [-0.1, -0.05) is 6.07 Å². The van der Waals surface area contributed by atoms with E-state index in [0.717, 1.165) is 18.4 Å². The van der Waals surface area contributed by atoms with Gasteiger partial charge < -0.3 is 14.8 Å². The largest absolute Gasteiger partial charge is 0.497 e. The zero-order valence-corrected chi connectivity index (χ0v) is 16.8. The Hall–Kier alpha value is -2.74. The van der Waals surface area contributed by atoms with Gasteiger partial charge in [0.15, 0.2) is 6.61 Å². The monoisotopic (exact) mass is 404 g/mol. The molecule has 3 rings (SSSR count). The molecule has 0 saturated carbocycles. The summed E-state index contributed by atoms with van der Waals surface area (Å²) >= 11 is 0. The number of carbonyl (C=O) groups excluding carboxylic acids is 1. The van der Waals surface area contributed by atoms with Crippen LogP contribution in [0.2, 0.25) is 0 Å². The van der Waals surface area contributed by atoms with Crippen molar-refractivity contribution in [2.24, 2.45) is 0 Å². The number of nitrogens with zero attached hydrogens (tertiary/aromatic N) is 1. The summed E-state index contributed by atoms with van der Waals surface area (Å²) in [7, 11) is -1.74. The Kier molecular flexibility index (Phi) is 6.08. The van der Waals surface area contributed by atoms with Crippen LogP contribution in [0.5, 0.6) is 11.5 Å². The van der Waals surface area contributed by atoms with Crippen molar-refractivity contribution in [2.75, 3.05) is 35.6 Å². The number of nitrogens with one attached hydrogen (secondary N) is 1. The van der Waals surface area contributed by atoms with Crippen LogP contribution in [0, 0.1) is 0 Å². The van der Waals surface area contributed by atoms with Crippen molar-refractivity contribution in [3.63, 3.8) is 0 Å². The number of amides is 1. The summed E-state index contributed by atoms with van der Waals surface area (Å²) in [6.07, 6.45) is 1.53. The third-order valence-electron chi connectivity index (χ3n) is 4.55. The van der Waals surface area contributed by atoms with Crippen LogP contribution >= 0.6 is 0 Å². The number of methoxy groups -OCH3 is 1. The minimum absolute atomic E-state index is 0.0620. The van der Waals surface area contributed by atoms with Crippen LogP contribution in [0.4, 0.5) is 11.4 Å². The van der Waals surface area contributed by atoms with Crippen LogP contribution in [0.3, 0.4) is 0 Å². The normalized spacial score (nSPS) is 13.6. The molecule has 0 radical (unpaired) electrons. The van der Waals surface area contributed by atoms with E-state index in [2.05, 4.69) is 5.32 Å². The Morgan fingerprint density at radius 1 is 1.18 bits per heavy atom. The number of anilines is 2. The maximum Gasteiger partial charge on any atom is 0.262 e. The van der Waals surface area contributed by atoms with Crippen LogP contribution in [0.15, 0.2) is 42.5 Å². The fraction of sp³-hybridized carbons (Fsp3) is 0.350. The Labute approximate surface area is 165 Å². The van der Waals surface area contributed by atoms with Gasteiger partial charge in [-0.15, -0.1) is 0 Å². The third-order valence-corrected chi connectivity index (χ3v) is 6.33. The molecule has 1 aliphatic heterocycles. The second-order valence-electron chi connectivity index (χ2n) is 6.44. The lowest BCUT2D eigenvalue weighted by Crippen LogP contribution is -2.36. The van der Waals surface area contributed by atoms with Crippen molar-refractivity contribution >= 4 is 27.3 Å². The molecule has 1 aliphatic rings. The second-order valence-corrected chi connectivity index (χ2v) is 8.62. The van der Waals surface area contributed by atoms with Crippen LogP contribution in [0.1, 0.15) is 18.9 Å². The van der Waals surface area contributed by atoms with Crippen LogP contribution in [-0.4, -0.2) is 40.3 Å². The van der Waals surface area contributed by atoms with Crippen molar-refractivity contribution in [2.45, 2.75) is 19.8 Å². The summed E-state index contributed by atoms with van der Waals surface area (Å²) in [6.45, 7) is 1.99. The van der Waals surface area contributed by atoms with Gasteiger partial charge in [-0.25, -0.2) is 8.42 Å². The number of fused-ring (bicyclic) bond motifs is 1. The Bertz CT molecular complexity index is 959. The molecular weight excluding hydrogens is 380 g/mol. The fourth-order valence-corrected chi connectivity index (χ4v) is 4.32. The maximum absolute atomic E-state index is 12.3. The van der Waals surface area contributed by atoms with Crippen molar-refractivity contribution < 1.29 is 22.7 Å². The molecule has 0 fully saturated rings. The first-order valence-electron chi connectivity index (χ1n) is 9.13. The van der Waals surface area contributed by atoms with E-state index in [1.807, 2.05) is 6.07 Å². The van der Waals surface area contributed by atoms with Gasteiger partial charge in [0.05, 0.1) is 18.6 Å². The summed E-state index contributed by atoms with van der Waals surface area (Å²) in [5.41, 5.74) is 2.22. The Morgan fingerprint density at radius 3 is 2.71 bits per heavy atom. The first-order valence-corrected chi connectivity index (χ1v) is 10.7. The lowest BCUT2D eigenvalue weighted by atomic mass is 10.0. The lowest BCUT2D eigenvalue weighted by molar-refractivity contribution is -0.118. The van der Waals surface area contributed by atoms with E-state index in [-0.39, 0.29) is 18.3 Å². The van der Waals surface area contributed by atoms with E-state index in [0.29, 0.717) is 29.4 Å². The van der Waals surface area contributed by atoms with Gasteiger partial charge in [-0.2, -0.15) is 0 Å². The highest BCUT2D eigenvalue weighted by Crippen LogP contribution is 2.31. The number of ether oxygens (including phenoxy) is 2. The first-order chi connectivity index (χ1) is 13.4. The quantitative estimate of drug-likeness (QED) is 0.767. The molecule has 8 heteroatoms. The van der Waals surface area contributed by atoms with Gasteiger partial charge >= 0.3 is 0 Å². The van der Waals surface area contributed by atoms with Gasteiger partial charge in [-0.05, 0) is 55.7 Å². The third kappa shape index (κ3) is 4.56. The van der Waals surface area contributed by atoms with Crippen molar-refractivity contribution in [3.05, 3.63) is 48.0 Å². The van der Waals surface area contributed by atoms with E-state index in [1.165, 1.54) is 4.31 Å². The van der Waals surface area contributed by atoms with E-state index >= 15 is 0 Å². The van der Waals surface area contributed by atoms with Crippen molar-refractivity contribution in [1.82, 2.24) is 0 Å². The minimum Gasteiger partial charge on any atom is -0.497 e. The average Bonchev–Trinajstić information content (AvgIpc) is 2.71. The lowest BCUT2D eigenvalue weighted by Gasteiger charge is -2.30. The Balaban J connectivity index is 1.66. The van der Waals surface area contributed by atoms with Gasteiger partial charge in [0.1, 0.15) is 11.5 Å². The number of rotatable bonds is 7. The first kappa shape index (κ1) is 20.0. The standard InChI is InChI=1S/C20H24N2O5S/c1-3-28(24,25)22-11-5-6-15-12-16(9-10-19(15)22)21-20(23)14-27-18-8-4-7-17(13-18)26-2/h4,7-10,12-13H,3,5-6,11,14H2,1-2H3,(H,21,23). The fourth-order valence-electron chi connectivity index (χ4n) is 3.12. The van der Waals surface area contributed by atoms with E-state index in [9.17, 15) is 13.2 Å². The summed E-state index contributed by atoms with van der Waals surface area (Å²) in [6, 6.07) is 12.3. The molecule has 1 heterocycles. The van der Waals surface area contributed by atoms with Gasteiger partial charge in [-0.3, -0.25) is 9.10 Å². The van der Waals surface area contributed by atoms with Crippen LogP contribution in [0.25, 0.3) is 0 Å². The molecule has 28 heavy (non-hydrogen) atoms. The molecule has 0 saturated heterocycles. The molecular formula is C20H24N2O5S. The average molecular weight is 404 g/mol. The second kappa shape index (κ2) is 8.52. The SMILES string of the molecule is CCS(=O)(=O)N1CCCc2cc(NC(=O)COc3cccc(OC)c3)ccc21. The summed E-state index contributed by atoms with van der Waals surface area (Å²) in [5.74, 6) is 0.961. The van der Waals surface area contributed by atoms with Crippen LogP contribution < -0.4 is 19.1 Å². The molecule has 150 valence electrons. The number of benzene rings is 2. The molecule has 0 aliphatic carbocycles. The predicted molar refractivity (Wildman–Crippen MR) is 109 cm³/mol. The molecule has 1 N–H and O–H groups in total. The number of aryl methyl sites for hydroxylation is 1. The molecule has 0 bridgehead atoms. The highest BCUT2D eigenvalue weighted by atomic mass is 32.2. The molecule has 0 atom stereocenters. The zero-order chi connectivity index (χ0) is 20.1. The zero-order valence-electron chi connectivity index (χ0n) is 16.0. The maximum atomic E-state index is 12.3. The summed E-state index contributed by atoms with van der Waals surface area (Å²) in [4.78, 5) is 12.2. The molecule has 1 amide bonds. The highest BCUT2D eigenvalue weighted by Gasteiger charge is 2.26. The van der Waals surface area contributed by atoms with Gasteiger partial charge in [0, 0.05) is 18.3 Å². The topological polar surface area (TPSA) is 84.9 Å². The number of hydrogen-bond acceptors (Lipinski definition) is 5. The summed E-state index contributed by atoms with van der Waals surface area (Å²) in [5, 5.41) is 2.80. The van der Waals surface area contributed by atoms with Gasteiger partial charge in [0.2, 0.25) is 10.0 Å². The van der Waals surface area contributed by atoms with Crippen molar-refractivity contribution in [1.29, 1.82) is 0 Å². The number of carbonyl (C=O) groups is 1. The molecule has 0 spiro atoms. The molecule has 2 aromatic carbocycles. The van der Waals surface area contributed by atoms with Crippen LogP contribution in [-0.2, 0) is 21.2 Å². The summed E-state index contributed by atoms with van der Waals surface area (Å²) < 4.78 is 36.6. The minimum atomic E-state index is -3.30.